The Bertz CT molecular complexity index is 348. The lowest BCUT2D eigenvalue weighted by Gasteiger charge is -2.51. The van der Waals surface area contributed by atoms with Crippen molar-refractivity contribution in [3.63, 3.8) is 0 Å². The van der Waals surface area contributed by atoms with Gasteiger partial charge in [-0.15, -0.1) is 0 Å². The molecule has 2 heteroatoms. The SMILES string of the molecule is CCC(C)(C)C(=O)OCCC1CC(C)(C)C(C)C(C)(C)C1. The molecule has 0 aromatic heterocycles. The lowest BCUT2D eigenvalue weighted by atomic mass is 9.55. The Morgan fingerprint density at radius 1 is 1.14 bits per heavy atom. The Morgan fingerprint density at radius 3 is 2.05 bits per heavy atom. The van der Waals surface area contributed by atoms with Crippen LogP contribution in [0, 0.1) is 28.1 Å². The fourth-order valence-corrected chi connectivity index (χ4v) is 3.83. The first kappa shape index (κ1) is 18.5. The second-order valence-corrected chi connectivity index (χ2v) is 9.14. The van der Waals surface area contributed by atoms with Crippen LogP contribution in [0.25, 0.3) is 0 Å². The minimum absolute atomic E-state index is 0.0484. The van der Waals surface area contributed by atoms with Gasteiger partial charge in [-0.05, 0) is 62.2 Å². The molecule has 0 aromatic carbocycles. The van der Waals surface area contributed by atoms with Crippen molar-refractivity contribution < 1.29 is 9.53 Å². The zero-order chi connectivity index (χ0) is 16.5. The largest absolute Gasteiger partial charge is 0.465 e. The van der Waals surface area contributed by atoms with Gasteiger partial charge in [-0.25, -0.2) is 0 Å². The Kier molecular flexibility index (Phi) is 5.56. The maximum atomic E-state index is 12.0. The second-order valence-electron chi connectivity index (χ2n) is 9.14. The highest BCUT2D eigenvalue weighted by Crippen LogP contribution is 2.53. The molecule has 21 heavy (non-hydrogen) atoms. The van der Waals surface area contributed by atoms with Gasteiger partial charge in [0.2, 0.25) is 0 Å². The van der Waals surface area contributed by atoms with Gasteiger partial charge in [0.05, 0.1) is 12.0 Å². The van der Waals surface area contributed by atoms with Crippen LogP contribution in [0.3, 0.4) is 0 Å². The molecule has 124 valence electrons. The van der Waals surface area contributed by atoms with Crippen LogP contribution < -0.4 is 0 Å². The van der Waals surface area contributed by atoms with E-state index in [2.05, 4.69) is 34.6 Å². The van der Waals surface area contributed by atoms with E-state index in [1.54, 1.807) is 0 Å². The number of carbonyl (C=O) groups is 1. The summed E-state index contributed by atoms with van der Waals surface area (Å²) in [6, 6.07) is 0. The van der Waals surface area contributed by atoms with Crippen molar-refractivity contribution in [2.24, 2.45) is 28.1 Å². The monoisotopic (exact) mass is 296 g/mol. The van der Waals surface area contributed by atoms with E-state index >= 15 is 0 Å². The van der Waals surface area contributed by atoms with E-state index in [0.717, 1.165) is 18.8 Å². The van der Waals surface area contributed by atoms with E-state index in [1.807, 2.05) is 20.8 Å². The topological polar surface area (TPSA) is 26.3 Å². The Morgan fingerprint density at radius 2 is 1.62 bits per heavy atom. The van der Waals surface area contributed by atoms with Crippen molar-refractivity contribution in [2.45, 2.75) is 81.1 Å². The first-order chi connectivity index (χ1) is 9.42. The zero-order valence-electron chi connectivity index (χ0n) is 15.5. The first-order valence-electron chi connectivity index (χ1n) is 8.59. The van der Waals surface area contributed by atoms with Gasteiger partial charge in [-0.1, -0.05) is 41.5 Å². The van der Waals surface area contributed by atoms with E-state index in [4.69, 9.17) is 4.74 Å². The maximum Gasteiger partial charge on any atom is 0.311 e. The molecule has 0 atom stereocenters. The average Bonchev–Trinajstić information content (AvgIpc) is 2.35. The van der Waals surface area contributed by atoms with Gasteiger partial charge in [0, 0.05) is 0 Å². The third kappa shape index (κ3) is 4.47. The molecule has 0 heterocycles. The molecule has 0 saturated heterocycles. The fourth-order valence-electron chi connectivity index (χ4n) is 3.83. The molecule has 1 saturated carbocycles. The number of hydrogen-bond donors (Lipinski definition) is 0. The Balaban J connectivity index is 2.52. The molecule has 2 nitrogen and oxygen atoms in total. The van der Waals surface area contributed by atoms with E-state index in [9.17, 15) is 4.79 Å². The molecule has 0 unspecified atom stereocenters. The van der Waals surface area contributed by atoms with E-state index in [1.165, 1.54) is 12.8 Å². The normalized spacial score (nSPS) is 28.2. The quantitative estimate of drug-likeness (QED) is 0.630. The molecule has 0 spiro atoms. The van der Waals surface area contributed by atoms with Crippen LogP contribution in [0.5, 0.6) is 0 Å². The predicted octanol–water partition coefficient (Wildman–Crippen LogP) is 5.45. The molecule has 1 rings (SSSR count). The van der Waals surface area contributed by atoms with Crippen LogP contribution in [0.15, 0.2) is 0 Å². The minimum Gasteiger partial charge on any atom is -0.465 e. The molecule has 1 aliphatic rings. The van der Waals surface area contributed by atoms with Crippen LogP contribution in [-0.2, 0) is 9.53 Å². The van der Waals surface area contributed by atoms with Crippen LogP contribution >= 0.6 is 0 Å². The molecule has 0 amide bonds. The van der Waals surface area contributed by atoms with Crippen molar-refractivity contribution in [3.05, 3.63) is 0 Å². The summed E-state index contributed by atoms with van der Waals surface area (Å²) in [5.74, 6) is 1.35. The van der Waals surface area contributed by atoms with Gasteiger partial charge in [0.25, 0.3) is 0 Å². The molecule has 0 aliphatic heterocycles. The number of esters is 1. The first-order valence-corrected chi connectivity index (χ1v) is 8.59. The molecule has 1 aliphatic carbocycles. The van der Waals surface area contributed by atoms with E-state index in [0.29, 0.717) is 23.4 Å². The summed E-state index contributed by atoms with van der Waals surface area (Å²) in [4.78, 5) is 12.0. The molecule has 0 aromatic rings. The van der Waals surface area contributed by atoms with Gasteiger partial charge in [-0.3, -0.25) is 4.79 Å². The highest BCUT2D eigenvalue weighted by Gasteiger charge is 2.44. The molecule has 0 bridgehead atoms. The van der Waals surface area contributed by atoms with Gasteiger partial charge in [0.15, 0.2) is 0 Å². The van der Waals surface area contributed by atoms with Crippen molar-refractivity contribution in [2.75, 3.05) is 6.61 Å². The lowest BCUT2D eigenvalue weighted by molar-refractivity contribution is -0.154. The van der Waals surface area contributed by atoms with Gasteiger partial charge >= 0.3 is 5.97 Å². The van der Waals surface area contributed by atoms with Crippen LogP contribution in [-0.4, -0.2) is 12.6 Å². The number of carbonyl (C=O) groups excluding carboxylic acids is 1. The summed E-state index contributed by atoms with van der Waals surface area (Å²) < 4.78 is 5.52. The molecular weight excluding hydrogens is 260 g/mol. The number of hydrogen-bond acceptors (Lipinski definition) is 2. The van der Waals surface area contributed by atoms with Gasteiger partial charge in [-0.2, -0.15) is 0 Å². The van der Waals surface area contributed by atoms with Crippen LogP contribution in [0.2, 0.25) is 0 Å². The van der Waals surface area contributed by atoms with E-state index < -0.39 is 0 Å². The summed E-state index contributed by atoms with van der Waals surface area (Å²) in [5, 5.41) is 0. The fraction of sp³-hybridized carbons (Fsp3) is 0.947. The Labute approximate surface area is 132 Å². The van der Waals surface area contributed by atoms with Crippen LogP contribution in [0.4, 0.5) is 0 Å². The minimum atomic E-state index is -0.348. The highest BCUT2D eigenvalue weighted by molar-refractivity contribution is 5.75. The standard InChI is InChI=1S/C19H36O2/c1-9-17(3,4)16(20)21-11-10-15-12-18(5,6)14(2)19(7,8)13-15/h14-15H,9-13H2,1-8H3. The number of ether oxygens (including phenoxy) is 1. The molecule has 1 fully saturated rings. The molecular formula is C19H36O2. The van der Waals surface area contributed by atoms with Crippen molar-refractivity contribution in [1.82, 2.24) is 0 Å². The third-order valence-electron chi connectivity index (χ3n) is 6.17. The molecule has 0 radical (unpaired) electrons. The zero-order valence-corrected chi connectivity index (χ0v) is 15.5. The van der Waals surface area contributed by atoms with Crippen molar-refractivity contribution >= 4 is 5.97 Å². The molecule has 0 N–H and O–H groups in total. The highest BCUT2D eigenvalue weighted by atomic mass is 16.5. The van der Waals surface area contributed by atoms with E-state index in [-0.39, 0.29) is 11.4 Å². The summed E-state index contributed by atoms with van der Waals surface area (Å²) in [6.07, 6.45) is 4.32. The predicted molar refractivity (Wildman–Crippen MR) is 89.1 cm³/mol. The Hall–Kier alpha value is -0.530. The summed E-state index contributed by atoms with van der Waals surface area (Å²) in [6.45, 7) is 18.5. The third-order valence-corrected chi connectivity index (χ3v) is 6.17. The summed E-state index contributed by atoms with van der Waals surface area (Å²) >= 11 is 0. The summed E-state index contributed by atoms with van der Waals surface area (Å²) in [7, 11) is 0. The smallest absolute Gasteiger partial charge is 0.311 e. The van der Waals surface area contributed by atoms with Crippen molar-refractivity contribution in [1.29, 1.82) is 0 Å². The average molecular weight is 296 g/mol. The summed E-state index contributed by atoms with van der Waals surface area (Å²) in [5.41, 5.74) is 0.401. The maximum absolute atomic E-state index is 12.0. The second kappa shape index (κ2) is 6.30. The lowest BCUT2D eigenvalue weighted by Crippen LogP contribution is -2.42. The van der Waals surface area contributed by atoms with Gasteiger partial charge < -0.3 is 4.74 Å². The van der Waals surface area contributed by atoms with Gasteiger partial charge in [0.1, 0.15) is 0 Å². The number of rotatable bonds is 5. The van der Waals surface area contributed by atoms with Crippen LogP contribution in [0.1, 0.15) is 81.1 Å². The van der Waals surface area contributed by atoms with Crippen molar-refractivity contribution in [3.8, 4) is 0 Å².